The standard InChI is InChI=1S/C23H19N3O2S2/c1-14(2)30(27,28)16-9-7-15(8-10-16)20-12-25-23-22(26-20)18(11-24-23)19-13-29-21-6-4-3-5-17(19)21/h3-14H,1-2H3,(H,24,25). The summed E-state index contributed by atoms with van der Waals surface area (Å²) in [6.45, 7) is 3.37. The van der Waals surface area contributed by atoms with Gasteiger partial charge in [0.25, 0.3) is 0 Å². The Morgan fingerprint density at radius 3 is 2.53 bits per heavy atom. The third-order valence-electron chi connectivity index (χ3n) is 5.25. The normalized spacial score (nSPS) is 12.2. The maximum atomic E-state index is 12.4. The highest BCUT2D eigenvalue weighted by atomic mass is 32.2. The van der Waals surface area contributed by atoms with E-state index in [1.165, 1.54) is 10.1 Å². The van der Waals surface area contributed by atoms with Crippen molar-refractivity contribution in [2.75, 3.05) is 0 Å². The molecule has 7 heteroatoms. The van der Waals surface area contributed by atoms with Crippen molar-refractivity contribution >= 4 is 42.4 Å². The number of nitrogens with one attached hydrogen (secondary N) is 1. The van der Waals surface area contributed by atoms with Crippen molar-refractivity contribution < 1.29 is 8.42 Å². The van der Waals surface area contributed by atoms with Gasteiger partial charge in [0, 0.05) is 33.0 Å². The molecule has 0 saturated carbocycles. The van der Waals surface area contributed by atoms with Crippen LogP contribution in [0.15, 0.2) is 71.2 Å². The minimum atomic E-state index is -3.30. The second kappa shape index (κ2) is 7.04. The highest BCUT2D eigenvalue weighted by Crippen LogP contribution is 2.37. The Morgan fingerprint density at radius 1 is 1.00 bits per heavy atom. The molecular formula is C23H19N3O2S2. The van der Waals surface area contributed by atoms with Gasteiger partial charge in [0.1, 0.15) is 5.52 Å². The number of thiophene rings is 1. The summed E-state index contributed by atoms with van der Waals surface area (Å²) in [5, 5.41) is 2.88. The second-order valence-corrected chi connectivity index (χ2v) is 10.8. The molecule has 0 spiro atoms. The molecule has 3 heterocycles. The second-order valence-electron chi connectivity index (χ2n) is 7.42. The van der Waals surface area contributed by atoms with Gasteiger partial charge in [0.15, 0.2) is 15.5 Å². The monoisotopic (exact) mass is 433 g/mol. The molecule has 5 nitrogen and oxygen atoms in total. The van der Waals surface area contributed by atoms with E-state index in [-0.39, 0.29) is 0 Å². The van der Waals surface area contributed by atoms with Crippen molar-refractivity contribution in [1.82, 2.24) is 15.0 Å². The van der Waals surface area contributed by atoms with Gasteiger partial charge in [-0.15, -0.1) is 11.3 Å². The summed E-state index contributed by atoms with van der Waals surface area (Å²) < 4.78 is 26.0. The average Bonchev–Trinajstić information content (AvgIpc) is 3.37. The molecule has 0 fully saturated rings. The van der Waals surface area contributed by atoms with E-state index in [1.807, 2.05) is 18.3 Å². The van der Waals surface area contributed by atoms with Gasteiger partial charge in [0.05, 0.1) is 22.0 Å². The number of hydrogen-bond donors (Lipinski definition) is 1. The van der Waals surface area contributed by atoms with Gasteiger partial charge in [-0.2, -0.15) is 0 Å². The van der Waals surface area contributed by atoms with E-state index in [4.69, 9.17) is 4.98 Å². The lowest BCUT2D eigenvalue weighted by molar-refractivity contribution is 0.587. The van der Waals surface area contributed by atoms with Gasteiger partial charge >= 0.3 is 0 Å². The van der Waals surface area contributed by atoms with Crippen molar-refractivity contribution in [3.63, 3.8) is 0 Å². The maximum absolute atomic E-state index is 12.4. The summed E-state index contributed by atoms with van der Waals surface area (Å²) in [6, 6.07) is 15.2. The Morgan fingerprint density at radius 2 is 1.77 bits per heavy atom. The Bertz CT molecular complexity index is 1480. The average molecular weight is 434 g/mol. The molecule has 0 unspecified atom stereocenters. The molecule has 0 atom stereocenters. The molecule has 0 radical (unpaired) electrons. The van der Waals surface area contributed by atoms with Crippen molar-refractivity contribution in [2.24, 2.45) is 0 Å². The zero-order chi connectivity index (χ0) is 20.9. The van der Waals surface area contributed by atoms with Crippen molar-refractivity contribution in [2.45, 2.75) is 24.0 Å². The topological polar surface area (TPSA) is 75.7 Å². The molecule has 2 aromatic carbocycles. The SMILES string of the molecule is CC(C)S(=O)(=O)c1ccc(-c2cnc3[nH]cc(-c4csc5ccccc45)c3n2)cc1. The van der Waals surface area contributed by atoms with Crippen LogP contribution in [0.4, 0.5) is 0 Å². The summed E-state index contributed by atoms with van der Waals surface area (Å²) >= 11 is 1.71. The number of aromatic nitrogens is 3. The van der Waals surface area contributed by atoms with Crippen LogP contribution in [-0.4, -0.2) is 28.6 Å². The minimum Gasteiger partial charge on any atom is -0.344 e. The van der Waals surface area contributed by atoms with E-state index in [1.54, 1.807) is 55.6 Å². The highest BCUT2D eigenvalue weighted by Gasteiger charge is 2.19. The van der Waals surface area contributed by atoms with Gasteiger partial charge in [-0.1, -0.05) is 30.3 Å². The van der Waals surface area contributed by atoms with E-state index in [0.717, 1.165) is 27.9 Å². The van der Waals surface area contributed by atoms with Crippen LogP contribution >= 0.6 is 11.3 Å². The number of rotatable bonds is 4. The first-order valence-electron chi connectivity index (χ1n) is 9.60. The Labute approximate surface area is 178 Å². The van der Waals surface area contributed by atoms with Gasteiger partial charge < -0.3 is 4.98 Å². The molecule has 0 aliphatic carbocycles. The molecule has 1 N–H and O–H groups in total. The van der Waals surface area contributed by atoms with E-state index in [2.05, 4.69) is 27.5 Å². The molecule has 5 aromatic rings. The predicted molar refractivity (Wildman–Crippen MR) is 122 cm³/mol. The van der Waals surface area contributed by atoms with Crippen LogP contribution in [0.3, 0.4) is 0 Å². The van der Waals surface area contributed by atoms with E-state index >= 15 is 0 Å². The smallest absolute Gasteiger partial charge is 0.180 e. The fraction of sp³-hybridized carbons (Fsp3) is 0.130. The number of aromatic amines is 1. The van der Waals surface area contributed by atoms with Crippen LogP contribution in [0.5, 0.6) is 0 Å². The van der Waals surface area contributed by atoms with Gasteiger partial charge in [0.2, 0.25) is 0 Å². The Hall–Kier alpha value is -3.03. The highest BCUT2D eigenvalue weighted by molar-refractivity contribution is 7.92. The third-order valence-corrected chi connectivity index (χ3v) is 8.39. The molecule has 0 aliphatic rings. The summed E-state index contributed by atoms with van der Waals surface area (Å²) in [6.07, 6.45) is 3.65. The lowest BCUT2D eigenvalue weighted by Crippen LogP contribution is -2.13. The fourth-order valence-electron chi connectivity index (χ4n) is 3.51. The largest absolute Gasteiger partial charge is 0.344 e. The number of nitrogens with zero attached hydrogens (tertiary/aromatic N) is 2. The molecule has 0 amide bonds. The lowest BCUT2D eigenvalue weighted by Gasteiger charge is -2.08. The predicted octanol–water partition coefficient (Wildman–Crippen LogP) is 5.69. The van der Waals surface area contributed by atoms with Crippen molar-refractivity contribution in [1.29, 1.82) is 0 Å². The summed E-state index contributed by atoms with van der Waals surface area (Å²) in [5.74, 6) is 0. The Kier molecular flexibility index (Phi) is 4.45. The molecule has 0 aliphatic heterocycles. The number of benzene rings is 2. The zero-order valence-electron chi connectivity index (χ0n) is 16.5. The van der Waals surface area contributed by atoms with Gasteiger partial charge in [-0.05, 0) is 37.4 Å². The van der Waals surface area contributed by atoms with Crippen LogP contribution < -0.4 is 0 Å². The van der Waals surface area contributed by atoms with Crippen LogP contribution in [0.25, 0.3) is 43.6 Å². The molecule has 0 bridgehead atoms. The molecule has 5 rings (SSSR count). The van der Waals surface area contributed by atoms with Crippen LogP contribution in [-0.2, 0) is 9.84 Å². The first-order valence-corrected chi connectivity index (χ1v) is 12.0. The van der Waals surface area contributed by atoms with Crippen LogP contribution in [0.1, 0.15) is 13.8 Å². The quantitative estimate of drug-likeness (QED) is 0.395. The zero-order valence-corrected chi connectivity index (χ0v) is 18.1. The molecule has 3 aromatic heterocycles. The Balaban J connectivity index is 1.60. The van der Waals surface area contributed by atoms with Gasteiger partial charge in [-0.25, -0.2) is 18.4 Å². The van der Waals surface area contributed by atoms with E-state index < -0.39 is 15.1 Å². The van der Waals surface area contributed by atoms with E-state index in [0.29, 0.717) is 10.6 Å². The van der Waals surface area contributed by atoms with E-state index in [9.17, 15) is 8.42 Å². The molecule has 150 valence electrons. The first-order chi connectivity index (χ1) is 14.4. The number of H-pyrrole nitrogens is 1. The molecule has 30 heavy (non-hydrogen) atoms. The summed E-state index contributed by atoms with van der Waals surface area (Å²) in [7, 11) is -3.30. The van der Waals surface area contributed by atoms with Crippen LogP contribution in [0.2, 0.25) is 0 Å². The van der Waals surface area contributed by atoms with Crippen LogP contribution in [0, 0.1) is 0 Å². The van der Waals surface area contributed by atoms with Crippen molar-refractivity contribution in [3.05, 3.63) is 66.3 Å². The first kappa shape index (κ1) is 19.0. The van der Waals surface area contributed by atoms with Crippen molar-refractivity contribution in [3.8, 4) is 22.4 Å². The number of sulfone groups is 1. The molecular weight excluding hydrogens is 414 g/mol. The maximum Gasteiger partial charge on any atom is 0.180 e. The third kappa shape index (κ3) is 3.02. The number of fused-ring (bicyclic) bond motifs is 2. The summed E-state index contributed by atoms with van der Waals surface area (Å²) in [5.41, 5.74) is 5.20. The molecule has 0 saturated heterocycles. The van der Waals surface area contributed by atoms with Gasteiger partial charge in [-0.3, -0.25) is 0 Å². The fourth-order valence-corrected chi connectivity index (χ4v) is 5.53. The minimum absolute atomic E-state index is 0.322. The number of hydrogen-bond acceptors (Lipinski definition) is 5. The summed E-state index contributed by atoms with van der Waals surface area (Å²) in [4.78, 5) is 12.9. The lowest BCUT2D eigenvalue weighted by atomic mass is 10.1.